The van der Waals surface area contributed by atoms with Crippen LogP contribution < -0.4 is 10.1 Å². The van der Waals surface area contributed by atoms with Gasteiger partial charge in [0.25, 0.3) is 5.91 Å². The average Bonchev–Trinajstić information content (AvgIpc) is 2.42. The van der Waals surface area contributed by atoms with Gasteiger partial charge in [-0.3, -0.25) is 9.59 Å². The van der Waals surface area contributed by atoms with E-state index >= 15 is 0 Å². The number of hydrogen-bond acceptors (Lipinski definition) is 4. The van der Waals surface area contributed by atoms with Crippen molar-refractivity contribution >= 4 is 11.9 Å². The summed E-state index contributed by atoms with van der Waals surface area (Å²) in [6.07, 6.45) is 0.194. The van der Waals surface area contributed by atoms with Crippen LogP contribution in [0.5, 0.6) is 5.75 Å². The van der Waals surface area contributed by atoms with Gasteiger partial charge in [0.05, 0.1) is 12.5 Å². The third kappa shape index (κ3) is 7.67. The predicted molar refractivity (Wildman–Crippen MR) is 84.7 cm³/mol. The third-order valence-corrected chi connectivity index (χ3v) is 2.69. The van der Waals surface area contributed by atoms with E-state index < -0.39 is 5.97 Å². The lowest BCUT2D eigenvalue weighted by Gasteiger charge is -2.11. The number of carbonyl (C=O) groups excluding carboxylic acids is 2. The van der Waals surface area contributed by atoms with Crippen molar-refractivity contribution in [2.45, 2.75) is 40.2 Å². The molecule has 1 amide bonds. The van der Waals surface area contributed by atoms with Crippen LogP contribution in [0.1, 0.15) is 33.3 Å². The van der Waals surface area contributed by atoms with Gasteiger partial charge in [-0.15, -0.1) is 0 Å². The maximum atomic E-state index is 11.7. The van der Waals surface area contributed by atoms with Gasteiger partial charge < -0.3 is 14.8 Å². The maximum absolute atomic E-state index is 11.7. The zero-order chi connectivity index (χ0) is 16.5. The van der Waals surface area contributed by atoms with E-state index in [0.717, 1.165) is 11.3 Å². The molecule has 0 atom stereocenters. The number of esters is 1. The molecule has 0 fully saturated rings. The van der Waals surface area contributed by atoms with Gasteiger partial charge >= 0.3 is 5.97 Å². The summed E-state index contributed by atoms with van der Waals surface area (Å²) in [5, 5.41) is 2.70. The normalized spacial score (nSPS) is 10.6. The van der Waals surface area contributed by atoms with Gasteiger partial charge in [-0.05, 0) is 37.5 Å². The van der Waals surface area contributed by atoms with Crippen molar-refractivity contribution in [3.05, 3.63) is 29.8 Å². The summed E-state index contributed by atoms with van der Waals surface area (Å²) in [5.41, 5.74) is 0.797. The minimum atomic E-state index is -0.429. The molecule has 5 nitrogen and oxygen atoms in total. The summed E-state index contributed by atoms with van der Waals surface area (Å²) in [7, 11) is 0. The number of ether oxygens (including phenoxy) is 2. The van der Waals surface area contributed by atoms with Gasteiger partial charge in [0.1, 0.15) is 5.75 Å². The van der Waals surface area contributed by atoms with E-state index in [9.17, 15) is 9.59 Å². The summed E-state index contributed by atoms with van der Waals surface area (Å²) < 4.78 is 10.5. The van der Waals surface area contributed by atoms with E-state index in [1.807, 2.05) is 45.9 Å². The molecule has 1 N–H and O–H groups in total. The van der Waals surface area contributed by atoms with Crippen LogP contribution in [0, 0.1) is 5.92 Å². The van der Waals surface area contributed by atoms with E-state index in [4.69, 9.17) is 9.47 Å². The Kier molecular flexibility index (Phi) is 7.43. The Morgan fingerprint density at radius 2 is 1.91 bits per heavy atom. The van der Waals surface area contributed by atoms with E-state index in [1.165, 1.54) is 0 Å². The van der Waals surface area contributed by atoms with Gasteiger partial charge in [0, 0.05) is 6.54 Å². The van der Waals surface area contributed by atoms with Crippen molar-refractivity contribution < 1.29 is 19.1 Å². The molecule has 0 radical (unpaired) electrons. The first-order valence-electron chi connectivity index (χ1n) is 7.54. The molecular weight excluding hydrogens is 282 g/mol. The van der Waals surface area contributed by atoms with E-state index in [2.05, 4.69) is 5.32 Å². The highest BCUT2D eigenvalue weighted by Gasteiger charge is 2.09. The van der Waals surface area contributed by atoms with Crippen molar-refractivity contribution in [2.24, 2.45) is 5.92 Å². The standard InChI is InChI=1S/C17H25NO4/c1-12(2)10-18-16(19)11-21-17(20)9-14-6-5-7-15(8-14)22-13(3)4/h5-8,12-13H,9-11H2,1-4H3,(H,18,19). The molecule has 1 aromatic rings. The second-order valence-corrected chi connectivity index (χ2v) is 5.85. The predicted octanol–water partition coefficient (Wildman–Crippen LogP) is 2.33. The average molecular weight is 307 g/mol. The molecule has 0 aliphatic rings. The van der Waals surface area contributed by atoms with Crippen LogP contribution in [0.25, 0.3) is 0 Å². The molecule has 0 spiro atoms. The molecule has 0 unspecified atom stereocenters. The van der Waals surface area contributed by atoms with Crippen LogP contribution in [-0.2, 0) is 20.7 Å². The molecule has 0 heterocycles. The fraction of sp³-hybridized carbons (Fsp3) is 0.529. The lowest BCUT2D eigenvalue weighted by atomic mass is 10.1. The van der Waals surface area contributed by atoms with Crippen LogP contribution in [0.2, 0.25) is 0 Å². The van der Waals surface area contributed by atoms with Gasteiger partial charge in [0.2, 0.25) is 0 Å². The molecule has 0 aliphatic heterocycles. The molecule has 1 rings (SSSR count). The van der Waals surface area contributed by atoms with Crippen LogP contribution >= 0.6 is 0 Å². The van der Waals surface area contributed by atoms with E-state index in [0.29, 0.717) is 12.5 Å². The fourth-order valence-corrected chi connectivity index (χ4v) is 1.73. The van der Waals surface area contributed by atoms with Gasteiger partial charge in [-0.2, -0.15) is 0 Å². The first kappa shape index (κ1) is 18.0. The summed E-state index contributed by atoms with van der Waals surface area (Å²) >= 11 is 0. The van der Waals surface area contributed by atoms with Crippen molar-refractivity contribution in [3.63, 3.8) is 0 Å². The van der Waals surface area contributed by atoms with Crippen molar-refractivity contribution in [3.8, 4) is 5.75 Å². The number of benzene rings is 1. The van der Waals surface area contributed by atoms with Crippen LogP contribution in [0.3, 0.4) is 0 Å². The topological polar surface area (TPSA) is 64.6 Å². The molecule has 122 valence electrons. The Bertz CT molecular complexity index is 497. The Labute approximate surface area is 132 Å². The Morgan fingerprint density at radius 1 is 1.18 bits per heavy atom. The number of carbonyl (C=O) groups is 2. The zero-order valence-electron chi connectivity index (χ0n) is 13.7. The van der Waals surface area contributed by atoms with Gasteiger partial charge in [-0.25, -0.2) is 0 Å². The molecule has 0 aliphatic carbocycles. The van der Waals surface area contributed by atoms with E-state index in [1.54, 1.807) is 6.07 Å². The lowest BCUT2D eigenvalue weighted by Crippen LogP contribution is -2.31. The highest BCUT2D eigenvalue weighted by Crippen LogP contribution is 2.15. The summed E-state index contributed by atoms with van der Waals surface area (Å²) in [5.74, 6) is 0.374. The summed E-state index contributed by atoms with van der Waals surface area (Å²) in [6, 6.07) is 7.30. The molecule has 0 saturated carbocycles. The van der Waals surface area contributed by atoms with E-state index in [-0.39, 0.29) is 25.0 Å². The minimum absolute atomic E-state index is 0.0758. The Hall–Kier alpha value is -2.04. The third-order valence-electron chi connectivity index (χ3n) is 2.69. The molecule has 0 aromatic heterocycles. The van der Waals surface area contributed by atoms with Crippen LogP contribution in [0.4, 0.5) is 0 Å². The quantitative estimate of drug-likeness (QED) is 0.749. The molecular formula is C17H25NO4. The summed E-state index contributed by atoms with van der Waals surface area (Å²) in [6.45, 7) is 8.21. The smallest absolute Gasteiger partial charge is 0.310 e. The lowest BCUT2D eigenvalue weighted by molar-refractivity contribution is -0.147. The number of nitrogens with one attached hydrogen (secondary N) is 1. The highest BCUT2D eigenvalue weighted by atomic mass is 16.5. The van der Waals surface area contributed by atoms with Crippen LogP contribution in [0.15, 0.2) is 24.3 Å². The Morgan fingerprint density at radius 3 is 2.55 bits per heavy atom. The number of amides is 1. The van der Waals surface area contributed by atoms with Crippen molar-refractivity contribution in [1.82, 2.24) is 5.32 Å². The molecule has 1 aromatic carbocycles. The molecule has 0 saturated heterocycles. The second kappa shape index (κ2) is 9.07. The van der Waals surface area contributed by atoms with Gasteiger partial charge in [0.15, 0.2) is 6.61 Å². The number of hydrogen-bond donors (Lipinski definition) is 1. The monoisotopic (exact) mass is 307 g/mol. The van der Waals surface area contributed by atoms with Crippen molar-refractivity contribution in [1.29, 1.82) is 0 Å². The Balaban J connectivity index is 2.40. The fourth-order valence-electron chi connectivity index (χ4n) is 1.73. The zero-order valence-corrected chi connectivity index (χ0v) is 13.7. The van der Waals surface area contributed by atoms with Gasteiger partial charge in [-0.1, -0.05) is 26.0 Å². The highest BCUT2D eigenvalue weighted by molar-refractivity contribution is 5.81. The first-order chi connectivity index (χ1) is 10.4. The van der Waals surface area contributed by atoms with Crippen molar-refractivity contribution in [2.75, 3.05) is 13.2 Å². The maximum Gasteiger partial charge on any atom is 0.310 e. The summed E-state index contributed by atoms with van der Waals surface area (Å²) in [4.78, 5) is 23.2. The minimum Gasteiger partial charge on any atom is -0.491 e. The molecule has 22 heavy (non-hydrogen) atoms. The number of rotatable bonds is 8. The second-order valence-electron chi connectivity index (χ2n) is 5.85. The first-order valence-corrected chi connectivity index (χ1v) is 7.54. The molecule has 0 bridgehead atoms. The SMILES string of the molecule is CC(C)CNC(=O)COC(=O)Cc1cccc(OC(C)C)c1. The molecule has 5 heteroatoms. The van der Waals surface area contributed by atoms with Crippen LogP contribution in [-0.4, -0.2) is 31.1 Å². The largest absolute Gasteiger partial charge is 0.491 e.